The Morgan fingerprint density at radius 3 is 2.78 bits per heavy atom. The largest absolute Gasteiger partial charge is 0.490 e. The summed E-state index contributed by atoms with van der Waals surface area (Å²) in [5, 5.41) is 11.9. The van der Waals surface area contributed by atoms with Crippen molar-refractivity contribution in [2.24, 2.45) is 0 Å². The van der Waals surface area contributed by atoms with Gasteiger partial charge in [-0.25, -0.2) is 0 Å². The molecule has 1 aliphatic heterocycles. The molecule has 0 bridgehead atoms. The van der Waals surface area contributed by atoms with Crippen molar-refractivity contribution in [1.29, 1.82) is 0 Å². The lowest BCUT2D eigenvalue weighted by atomic mass is 10.0. The molecule has 0 amide bonds. The van der Waals surface area contributed by atoms with Crippen LogP contribution < -0.4 is 9.64 Å². The number of aliphatic hydroxyl groups is 1. The van der Waals surface area contributed by atoms with Crippen LogP contribution in [0.25, 0.3) is 10.8 Å². The van der Waals surface area contributed by atoms with Crippen molar-refractivity contribution >= 4 is 16.5 Å². The molecule has 3 nitrogen and oxygen atoms in total. The lowest BCUT2D eigenvalue weighted by Crippen LogP contribution is -2.32. The van der Waals surface area contributed by atoms with Crippen LogP contribution in [0.2, 0.25) is 0 Å². The molecule has 0 saturated heterocycles. The van der Waals surface area contributed by atoms with Gasteiger partial charge >= 0.3 is 0 Å². The normalized spacial score (nSPS) is 13.7. The smallest absolute Gasteiger partial charge is 0.143 e. The van der Waals surface area contributed by atoms with E-state index in [9.17, 15) is 5.11 Å². The Labute approximate surface area is 135 Å². The molecule has 0 radical (unpaired) electrons. The summed E-state index contributed by atoms with van der Waals surface area (Å²) in [6, 6.07) is 20.9. The number of rotatable bonds is 3. The van der Waals surface area contributed by atoms with Gasteiger partial charge in [-0.1, -0.05) is 48.5 Å². The van der Waals surface area contributed by atoms with Gasteiger partial charge in [-0.05, 0) is 34.0 Å². The van der Waals surface area contributed by atoms with Crippen molar-refractivity contribution in [3.05, 3.63) is 71.8 Å². The molecule has 3 aromatic carbocycles. The highest BCUT2D eigenvalue weighted by Crippen LogP contribution is 2.34. The first-order chi connectivity index (χ1) is 11.3. The minimum atomic E-state index is 0.0416. The molecule has 0 fully saturated rings. The number of ether oxygens (including phenoxy) is 1. The average molecular weight is 305 g/mol. The number of nitrogens with zero attached hydrogens (tertiary/aromatic N) is 1. The van der Waals surface area contributed by atoms with Crippen molar-refractivity contribution in [2.75, 3.05) is 18.1 Å². The fourth-order valence-electron chi connectivity index (χ4n) is 3.22. The zero-order valence-electron chi connectivity index (χ0n) is 12.9. The molecule has 1 N–H and O–H groups in total. The third kappa shape index (κ3) is 2.64. The van der Waals surface area contributed by atoms with Crippen LogP contribution in [0.4, 0.5) is 5.69 Å². The standard InChI is InChI=1S/C20H19NO2/c22-14-15-8-9-19-20(12-15)23-11-10-21(19)13-17-6-3-5-16-4-1-2-7-18(16)17/h1-9,12,22H,10-11,13-14H2. The summed E-state index contributed by atoms with van der Waals surface area (Å²) in [4.78, 5) is 2.35. The van der Waals surface area contributed by atoms with Crippen LogP contribution in [-0.2, 0) is 13.2 Å². The maximum absolute atomic E-state index is 9.29. The second-order valence-corrected chi connectivity index (χ2v) is 5.87. The number of anilines is 1. The summed E-state index contributed by atoms with van der Waals surface area (Å²) in [7, 11) is 0. The number of fused-ring (bicyclic) bond motifs is 2. The van der Waals surface area contributed by atoms with Crippen LogP contribution in [0.5, 0.6) is 5.75 Å². The van der Waals surface area contributed by atoms with Crippen molar-refractivity contribution in [3.63, 3.8) is 0 Å². The minimum absolute atomic E-state index is 0.0416. The average Bonchev–Trinajstić information content (AvgIpc) is 2.62. The zero-order chi connectivity index (χ0) is 15.6. The highest BCUT2D eigenvalue weighted by Gasteiger charge is 2.19. The van der Waals surface area contributed by atoms with Gasteiger partial charge in [0.15, 0.2) is 0 Å². The molecule has 1 heterocycles. The second-order valence-electron chi connectivity index (χ2n) is 5.87. The fraction of sp³-hybridized carbons (Fsp3) is 0.200. The van der Waals surface area contributed by atoms with Gasteiger partial charge in [-0.15, -0.1) is 0 Å². The first-order valence-corrected chi connectivity index (χ1v) is 7.93. The highest BCUT2D eigenvalue weighted by molar-refractivity contribution is 5.86. The molecule has 0 aromatic heterocycles. The van der Waals surface area contributed by atoms with Crippen molar-refractivity contribution in [1.82, 2.24) is 0 Å². The first kappa shape index (κ1) is 14.1. The highest BCUT2D eigenvalue weighted by atomic mass is 16.5. The molecule has 3 heteroatoms. The third-order valence-corrected chi connectivity index (χ3v) is 4.41. The Morgan fingerprint density at radius 1 is 1.00 bits per heavy atom. The molecular formula is C20H19NO2. The molecule has 0 saturated carbocycles. The van der Waals surface area contributed by atoms with E-state index in [0.29, 0.717) is 6.61 Å². The molecule has 3 aromatic rings. The Hall–Kier alpha value is -2.52. The van der Waals surface area contributed by atoms with Gasteiger partial charge in [0.1, 0.15) is 12.4 Å². The van der Waals surface area contributed by atoms with E-state index in [-0.39, 0.29) is 6.61 Å². The second kappa shape index (κ2) is 5.94. The summed E-state index contributed by atoms with van der Waals surface area (Å²) in [5.41, 5.74) is 3.30. The Bertz CT molecular complexity index is 839. The van der Waals surface area contributed by atoms with E-state index in [0.717, 1.165) is 30.1 Å². The van der Waals surface area contributed by atoms with Gasteiger partial charge < -0.3 is 14.7 Å². The molecule has 0 unspecified atom stereocenters. The van der Waals surface area contributed by atoms with Gasteiger partial charge in [0, 0.05) is 6.54 Å². The molecule has 0 atom stereocenters. The van der Waals surface area contributed by atoms with Crippen molar-refractivity contribution < 1.29 is 9.84 Å². The molecular weight excluding hydrogens is 286 g/mol. The topological polar surface area (TPSA) is 32.7 Å². The van der Waals surface area contributed by atoms with Crippen LogP contribution in [0, 0.1) is 0 Å². The molecule has 23 heavy (non-hydrogen) atoms. The van der Waals surface area contributed by atoms with Gasteiger partial charge in [-0.2, -0.15) is 0 Å². The quantitative estimate of drug-likeness (QED) is 0.800. The predicted molar refractivity (Wildman–Crippen MR) is 92.9 cm³/mol. The fourth-order valence-corrected chi connectivity index (χ4v) is 3.22. The monoisotopic (exact) mass is 305 g/mol. The van der Waals surface area contributed by atoms with Crippen molar-refractivity contribution in [3.8, 4) is 5.75 Å². The molecule has 116 valence electrons. The van der Waals surface area contributed by atoms with E-state index in [2.05, 4.69) is 47.4 Å². The maximum Gasteiger partial charge on any atom is 0.143 e. The Kier molecular flexibility index (Phi) is 3.64. The lowest BCUT2D eigenvalue weighted by molar-refractivity contribution is 0.278. The summed E-state index contributed by atoms with van der Waals surface area (Å²) in [5.74, 6) is 0.864. The Balaban J connectivity index is 1.70. The van der Waals surface area contributed by atoms with E-state index in [1.807, 2.05) is 18.2 Å². The molecule has 4 rings (SSSR count). The minimum Gasteiger partial charge on any atom is -0.490 e. The van der Waals surface area contributed by atoms with E-state index in [1.165, 1.54) is 16.3 Å². The number of hydrogen-bond donors (Lipinski definition) is 1. The number of aliphatic hydroxyl groups excluding tert-OH is 1. The van der Waals surface area contributed by atoms with Crippen molar-refractivity contribution in [2.45, 2.75) is 13.2 Å². The van der Waals surface area contributed by atoms with Crippen LogP contribution in [0.1, 0.15) is 11.1 Å². The SMILES string of the molecule is OCc1ccc2c(c1)OCCN2Cc1cccc2ccccc12. The van der Waals surface area contributed by atoms with E-state index in [1.54, 1.807) is 0 Å². The van der Waals surface area contributed by atoms with Gasteiger partial charge in [0.2, 0.25) is 0 Å². The predicted octanol–water partition coefficient (Wildman–Crippen LogP) is 3.73. The van der Waals surface area contributed by atoms with Gasteiger partial charge in [0.25, 0.3) is 0 Å². The number of hydrogen-bond acceptors (Lipinski definition) is 3. The third-order valence-electron chi connectivity index (χ3n) is 4.41. The molecule has 0 spiro atoms. The van der Waals surface area contributed by atoms with E-state index < -0.39 is 0 Å². The Morgan fingerprint density at radius 2 is 1.87 bits per heavy atom. The first-order valence-electron chi connectivity index (χ1n) is 7.93. The van der Waals surface area contributed by atoms with Crippen LogP contribution in [0.3, 0.4) is 0 Å². The van der Waals surface area contributed by atoms with Crippen LogP contribution in [0.15, 0.2) is 60.7 Å². The summed E-state index contributed by atoms with van der Waals surface area (Å²) >= 11 is 0. The van der Waals surface area contributed by atoms with Crippen LogP contribution in [-0.4, -0.2) is 18.3 Å². The number of benzene rings is 3. The van der Waals surface area contributed by atoms with E-state index in [4.69, 9.17) is 4.74 Å². The lowest BCUT2D eigenvalue weighted by Gasteiger charge is -2.32. The molecule has 1 aliphatic rings. The van der Waals surface area contributed by atoms with Crippen LogP contribution >= 0.6 is 0 Å². The summed E-state index contributed by atoms with van der Waals surface area (Å²) in [6.07, 6.45) is 0. The molecule has 0 aliphatic carbocycles. The van der Waals surface area contributed by atoms with Gasteiger partial charge in [-0.3, -0.25) is 0 Å². The summed E-state index contributed by atoms with van der Waals surface area (Å²) in [6.45, 7) is 2.44. The van der Waals surface area contributed by atoms with E-state index >= 15 is 0 Å². The summed E-state index contributed by atoms with van der Waals surface area (Å²) < 4.78 is 5.77. The zero-order valence-corrected chi connectivity index (χ0v) is 12.9. The maximum atomic E-state index is 9.29. The van der Waals surface area contributed by atoms with Gasteiger partial charge in [0.05, 0.1) is 18.8 Å².